The first-order chi connectivity index (χ1) is 12.1. The van der Waals surface area contributed by atoms with Crippen LogP contribution in [0.15, 0.2) is 58.1 Å². The molecular formula is C19H12O4Se2. The van der Waals surface area contributed by atoms with E-state index in [9.17, 15) is 19.8 Å². The van der Waals surface area contributed by atoms with E-state index in [0.717, 1.165) is 8.52 Å². The molecule has 25 heavy (non-hydrogen) atoms. The van der Waals surface area contributed by atoms with Gasteiger partial charge in [-0.3, -0.25) is 0 Å². The molecule has 2 aromatic carbocycles. The van der Waals surface area contributed by atoms with E-state index in [1.807, 2.05) is 24.3 Å². The van der Waals surface area contributed by atoms with Crippen LogP contribution in [0.3, 0.4) is 0 Å². The molecule has 4 aromatic rings. The molecule has 6 heteroatoms. The second-order valence-corrected chi connectivity index (χ2v) is 9.92. The molecule has 124 valence electrons. The van der Waals surface area contributed by atoms with Crippen LogP contribution in [0.4, 0.5) is 0 Å². The van der Waals surface area contributed by atoms with E-state index in [0.29, 0.717) is 10.8 Å². The van der Waals surface area contributed by atoms with Crippen molar-refractivity contribution in [3.63, 3.8) is 0 Å². The standard InChI is InChI=1S/C19H12O4Se2/c20-16-10-5-1-3-7-14(10)24-18(22)12(16)9-13-17(21)11-6-2-4-8-15(11)25-19(13)23/h1-8,22-23H,9H2. The summed E-state index contributed by atoms with van der Waals surface area (Å²) in [5.74, 6) is 0. The molecule has 0 atom stereocenters. The Kier molecular flexibility index (Phi) is 4.14. The zero-order valence-corrected chi connectivity index (χ0v) is 16.3. The number of aromatic hydroxyl groups is 2. The van der Waals surface area contributed by atoms with Gasteiger partial charge in [-0.25, -0.2) is 0 Å². The summed E-state index contributed by atoms with van der Waals surface area (Å²) in [5, 5.41) is 21.9. The van der Waals surface area contributed by atoms with Crippen LogP contribution in [0.2, 0.25) is 0 Å². The first-order valence-electron chi connectivity index (χ1n) is 7.53. The van der Waals surface area contributed by atoms with Crippen LogP contribution in [0.25, 0.3) is 19.3 Å². The monoisotopic (exact) mass is 464 g/mol. The van der Waals surface area contributed by atoms with Crippen LogP contribution in [0.5, 0.6) is 9.25 Å². The number of hydrogen-bond acceptors (Lipinski definition) is 4. The van der Waals surface area contributed by atoms with Crippen molar-refractivity contribution in [3.05, 3.63) is 80.1 Å². The van der Waals surface area contributed by atoms with Crippen molar-refractivity contribution in [2.75, 3.05) is 0 Å². The Labute approximate surface area is 154 Å². The zero-order chi connectivity index (χ0) is 17.6. The normalized spacial score (nSPS) is 11.2. The van der Waals surface area contributed by atoms with Crippen molar-refractivity contribution in [2.24, 2.45) is 0 Å². The molecule has 0 unspecified atom stereocenters. The van der Waals surface area contributed by atoms with E-state index in [1.165, 1.54) is 0 Å². The number of rotatable bonds is 2. The predicted octanol–water partition coefficient (Wildman–Crippen LogP) is 1.83. The third-order valence-corrected chi connectivity index (χ3v) is 8.36. The summed E-state index contributed by atoms with van der Waals surface area (Å²) < 4.78 is 1.75. The van der Waals surface area contributed by atoms with Gasteiger partial charge in [0.15, 0.2) is 0 Å². The van der Waals surface area contributed by atoms with Gasteiger partial charge >= 0.3 is 154 Å². The van der Waals surface area contributed by atoms with Crippen LogP contribution in [0.1, 0.15) is 11.1 Å². The molecule has 0 aliphatic rings. The van der Waals surface area contributed by atoms with E-state index in [2.05, 4.69) is 0 Å². The summed E-state index contributed by atoms with van der Waals surface area (Å²) in [6.07, 6.45) is -0.0263. The van der Waals surface area contributed by atoms with Crippen molar-refractivity contribution in [1.82, 2.24) is 0 Å². The Morgan fingerprint density at radius 3 is 1.52 bits per heavy atom. The fourth-order valence-corrected chi connectivity index (χ4v) is 6.66. The minimum absolute atomic E-state index is 0.0263. The quantitative estimate of drug-likeness (QED) is 0.446. The number of hydrogen-bond donors (Lipinski definition) is 2. The molecule has 0 amide bonds. The summed E-state index contributed by atoms with van der Waals surface area (Å²) >= 11 is -0.729. The van der Waals surface area contributed by atoms with E-state index >= 15 is 0 Å². The van der Waals surface area contributed by atoms with Gasteiger partial charge in [0, 0.05) is 0 Å². The van der Waals surface area contributed by atoms with Crippen molar-refractivity contribution < 1.29 is 10.2 Å². The SMILES string of the molecule is O=c1c(Cc2c(O)[se]c3ccccc3c2=O)c(O)[se]c2ccccc12. The summed E-state index contributed by atoms with van der Waals surface area (Å²) in [4.78, 5) is 25.5. The predicted molar refractivity (Wildman–Crippen MR) is 100 cm³/mol. The fourth-order valence-electron chi connectivity index (χ4n) is 2.83. The van der Waals surface area contributed by atoms with Crippen LogP contribution in [-0.2, 0) is 6.42 Å². The van der Waals surface area contributed by atoms with E-state index in [1.54, 1.807) is 24.3 Å². The number of benzene rings is 2. The fraction of sp³-hybridized carbons (Fsp3) is 0.0526. The van der Waals surface area contributed by atoms with E-state index in [-0.39, 0.29) is 66.7 Å². The maximum absolute atomic E-state index is 12.7. The molecule has 0 spiro atoms. The summed E-state index contributed by atoms with van der Waals surface area (Å²) in [6, 6.07) is 14.4. The molecule has 0 radical (unpaired) electrons. The van der Waals surface area contributed by atoms with E-state index in [4.69, 9.17) is 0 Å². The van der Waals surface area contributed by atoms with Gasteiger partial charge in [0.05, 0.1) is 0 Å². The van der Waals surface area contributed by atoms with Crippen LogP contribution < -0.4 is 10.9 Å². The summed E-state index contributed by atoms with van der Waals surface area (Å²) in [6.45, 7) is 0. The Balaban J connectivity index is 1.95. The first kappa shape index (κ1) is 16.4. The van der Waals surface area contributed by atoms with Gasteiger partial charge in [0.1, 0.15) is 0 Å². The molecule has 0 saturated carbocycles. The van der Waals surface area contributed by atoms with Gasteiger partial charge in [0.25, 0.3) is 0 Å². The molecule has 2 N–H and O–H groups in total. The first-order valence-corrected chi connectivity index (χ1v) is 11.0. The molecule has 4 nitrogen and oxygen atoms in total. The molecule has 0 saturated heterocycles. The van der Waals surface area contributed by atoms with Gasteiger partial charge in [-0.1, -0.05) is 0 Å². The van der Waals surface area contributed by atoms with Crippen molar-refractivity contribution in [2.45, 2.75) is 6.42 Å². The molecule has 2 heterocycles. The maximum atomic E-state index is 12.7. The average Bonchev–Trinajstić information content (AvgIpc) is 2.61. The van der Waals surface area contributed by atoms with Gasteiger partial charge < -0.3 is 0 Å². The Morgan fingerprint density at radius 2 is 1.08 bits per heavy atom. The third-order valence-electron chi connectivity index (χ3n) is 4.09. The summed E-state index contributed by atoms with van der Waals surface area (Å²) in [7, 11) is 0. The molecular weight excluding hydrogens is 450 g/mol. The molecule has 2 aromatic heterocycles. The van der Waals surface area contributed by atoms with Gasteiger partial charge in [0.2, 0.25) is 0 Å². The van der Waals surface area contributed by atoms with E-state index < -0.39 is 0 Å². The Hall–Kier alpha value is -2.10. The van der Waals surface area contributed by atoms with Crippen LogP contribution >= 0.6 is 0 Å². The Morgan fingerprint density at radius 1 is 0.680 bits per heavy atom. The minimum atomic E-state index is -0.364. The topological polar surface area (TPSA) is 74.6 Å². The second-order valence-electron chi connectivity index (χ2n) is 5.60. The number of fused-ring (bicyclic) bond motifs is 2. The van der Waals surface area contributed by atoms with Crippen LogP contribution in [-0.4, -0.2) is 39.2 Å². The molecule has 0 fully saturated rings. The van der Waals surface area contributed by atoms with Crippen molar-refractivity contribution in [3.8, 4) is 9.25 Å². The zero-order valence-electron chi connectivity index (χ0n) is 12.9. The van der Waals surface area contributed by atoms with Gasteiger partial charge in [-0.2, -0.15) is 0 Å². The van der Waals surface area contributed by atoms with Gasteiger partial charge in [-0.05, 0) is 0 Å². The molecule has 4 rings (SSSR count). The van der Waals surface area contributed by atoms with Crippen molar-refractivity contribution >= 4 is 48.3 Å². The van der Waals surface area contributed by atoms with Gasteiger partial charge in [-0.15, -0.1) is 0 Å². The van der Waals surface area contributed by atoms with Crippen LogP contribution in [0, 0.1) is 0 Å². The molecule has 0 aliphatic heterocycles. The molecule has 0 aliphatic carbocycles. The third kappa shape index (κ3) is 2.78. The second kappa shape index (κ2) is 6.32. The molecule has 0 bridgehead atoms. The van der Waals surface area contributed by atoms with Crippen molar-refractivity contribution in [1.29, 1.82) is 0 Å². The average molecular weight is 462 g/mol. The Bertz CT molecular complexity index is 1140. The summed E-state index contributed by atoms with van der Waals surface area (Å²) in [5.41, 5.74) is -0.0751.